The van der Waals surface area contributed by atoms with Gasteiger partial charge in [-0.1, -0.05) is 0 Å². The van der Waals surface area contributed by atoms with Crippen molar-refractivity contribution in [3.8, 4) is 10.6 Å². The molecule has 0 unspecified atom stereocenters. The zero-order chi connectivity index (χ0) is 14.2. The molecule has 0 saturated carbocycles. The highest BCUT2D eigenvalue weighted by molar-refractivity contribution is 7.20. The SMILES string of the molecule is Cc1c(-c2ccn(C(C)C)n2)sc(N)c1C(=O)C=O. The van der Waals surface area contributed by atoms with E-state index >= 15 is 0 Å². The predicted octanol–water partition coefficient (Wildman–Crippen LogP) is 2.46. The second-order valence-electron chi connectivity index (χ2n) is 4.55. The Labute approximate surface area is 115 Å². The first-order chi connectivity index (χ1) is 8.95. The van der Waals surface area contributed by atoms with Crippen molar-refractivity contribution >= 4 is 28.4 Å². The van der Waals surface area contributed by atoms with E-state index in [-0.39, 0.29) is 6.04 Å². The van der Waals surface area contributed by atoms with Crippen molar-refractivity contribution in [3.63, 3.8) is 0 Å². The quantitative estimate of drug-likeness (QED) is 0.529. The van der Waals surface area contributed by atoms with Crippen LogP contribution in [0.1, 0.15) is 35.8 Å². The maximum Gasteiger partial charge on any atom is 0.228 e. The van der Waals surface area contributed by atoms with E-state index in [1.54, 1.807) is 6.92 Å². The van der Waals surface area contributed by atoms with Crippen LogP contribution in [0.2, 0.25) is 0 Å². The summed E-state index contributed by atoms with van der Waals surface area (Å²) in [5, 5.41) is 4.82. The average molecular weight is 277 g/mol. The van der Waals surface area contributed by atoms with Crippen molar-refractivity contribution in [1.82, 2.24) is 9.78 Å². The van der Waals surface area contributed by atoms with Crippen LogP contribution in [0.4, 0.5) is 5.00 Å². The first kappa shape index (κ1) is 13.5. The molecule has 2 rings (SSSR count). The topological polar surface area (TPSA) is 78.0 Å². The Morgan fingerprint density at radius 2 is 2.21 bits per heavy atom. The van der Waals surface area contributed by atoms with Crippen molar-refractivity contribution in [2.75, 3.05) is 5.73 Å². The third-order valence-electron chi connectivity index (χ3n) is 2.90. The monoisotopic (exact) mass is 277 g/mol. The van der Waals surface area contributed by atoms with Gasteiger partial charge in [-0.25, -0.2) is 0 Å². The number of Topliss-reactive ketones (excluding diaryl/α,β-unsaturated/α-hetero) is 1. The van der Waals surface area contributed by atoms with E-state index in [2.05, 4.69) is 5.10 Å². The standard InChI is InChI=1S/C13H15N3O2S/c1-7(2)16-5-4-9(15-16)12-8(3)11(10(18)6-17)13(14)19-12/h4-7H,14H2,1-3H3. The number of ketones is 1. The fourth-order valence-electron chi connectivity index (χ4n) is 1.89. The highest BCUT2D eigenvalue weighted by atomic mass is 32.1. The summed E-state index contributed by atoms with van der Waals surface area (Å²) in [6.07, 6.45) is 2.18. The van der Waals surface area contributed by atoms with E-state index < -0.39 is 5.78 Å². The molecule has 2 heterocycles. The van der Waals surface area contributed by atoms with E-state index in [4.69, 9.17) is 5.73 Å². The van der Waals surface area contributed by atoms with Gasteiger partial charge in [0.15, 0.2) is 6.29 Å². The third kappa shape index (κ3) is 2.31. The van der Waals surface area contributed by atoms with Crippen molar-refractivity contribution in [1.29, 1.82) is 0 Å². The normalized spacial score (nSPS) is 10.9. The highest BCUT2D eigenvalue weighted by Gasteiger charge is 2.21. The van der Waals surface area contributed by atoms with Gasteiger partial charge < -0.3 is 5.73 Å². The number of hydrogen-bond donors (Lipinski definition) is 1. The number of rotatable bonds is 4. The summed E-state index contributed by atoms with van der Waals surface area (Å²) in [5.41, 5.74) is 7.61. The number of thiophene rings is 1. The van der Waals surface area contributed by atoms with Gasteiger partial charge in [0.2, 0.25) is 5.78 Å². The molecule has 2 N–H and O–H groups in total. The predicted molar refractivity (Wildman–Crippen MR) is 75.5 cm³/mol. The minimum Gasteiger partial charge on any atom is -0.390 e. The van der Waals surface area contributed by atoms with Crippen LogP contribution >= 0.6 is 11.3 Å². The molecule has 2 aromatic rings. The Hall–Kier alpha value is -1.95. The first-order valence-corrected chi connectivity index (χ1v) is 6.71. The molecule has 2 aromatic heterocycles. The van der Waals surface area contributed by atoms with E-state index in [1.165, 1.54) is 11.3 Å². The lowest BCUT2D eigenvalue weighted by atomic mass is 10.1. The fourth-order valence-corrected chi connectivity index (χ4v) is 2.94. The highest BCUT2D eigenvalue weighted by Crippen LogP contribution is 2.37. The van der Waals surface area contributed by atoms with Gasteiger partial charge in [-0.2, -0.15) is 5.10 Å². The molecular formula is C13H15N3O2S. The Morgan fingerprint density at radius 3 is 2.74 bits per heavy atom. The molecule has 100 valence electrons. The average Bonchev–Trinajstić information content (AvgIpc) is 2.94. The minimum atomic E-state index is -0.583. The van der Waals surface area contributed by atoms with E-state index in [1.807, 2.05) is 30.8 Å². The summed E-state index contributed by atoms with van der Waals surface area (Å²) in [5.74, 6) is -0.583. The molecular weight excluding hydrogens is 262 g/mol. The molecule has 0 aliphatic rings. The largest absolute Gasteiger partial charge is 0.390 e. The van der Waals surface area contributed by atoms with Crippen LogP contribution < -0.4 is 5.73 Å². The molecule has 0 radical (unpaired) electrons. The van der Waals surface area contributed by atoms with Crippen LogP contribution in [0.3, 0.4) is 0 Å². The van der Waals surface area contributed by atoms with Gasteiger partial charge in [0.1, 0.15) is 5.69 Å². The molecule has 0 bridgehead atoms. The van der Waals surface area contributed by atoms with Gasteiger partial charge >= 0.3 is 0 Å². The number of nitrogens with zero attached hydrogens (tertiary/aromatic N) is 2. The Balaban J connectivity index is 2.51. The smallest absolute Gasteiger partial charge is 0.228 e. The van der Waals surface area contributed by atoms with E-state index in [0.717, 1.165) is 10.6 Å². The first-order valence-electron chi connectivity index (χ1n) is 5.89. The van der Waals surface area contributed by atoms with Gasteiger partial charge in [-0.15, -0.1) is 11.3 Å². The Bertz CT molecular complexity index is 640. The van der Waals surface area contributed by atoms with Crippen LogP contribution in [0.5, 0.6) is 0 Å². The second-order valence-corrected chi connectivity index (χ2v) is 5.60. The summed E-state index contributed by atoms with van der Waals surface area (Å²) in [6, 6.07) is 2.15. The number of aromatic nitrogens is 2. The summed E-state index contributed by atoms with van der Waals surface area (Å²) >= 11 is 1.29. The van der Waals surface area contributed by atoms with Gasteiger partial charge in [0, 0.05) is 12.2 Å². The van der Waals surface area contributed by atoms with Crippen molar-refractivity contribution in [2.45, 2.75) is 26.8 Å². The van der Waals surface area contributed by atoms with Gasteiger partial charge in [-0.3, -0.25) is 14.3 Å². The van der Waals surface area contributed by atoms with Crippen LogP contribution in [-0.2, 0) is 4.79 Å². The minimum absolute atomic E-state index is 0.266. The number of carbonyl (C=O) groups excluding carboxylic acids is 2. The third-order valence-corrected chi connectivity index (χ3v) is 4.04. The molecule has 0 spiro atoms. The van der Waals surface area contributed by atoms with Crippen LogP contribution in [-0.4, -0.2) is 21.8 Å². The van der Waals surface area contributed by atoms with E-state index in [0.29, 0.717) is 22.4 Å². The van der Waals surface area contributed by atoms with Gasteiger partial charge in [-0.05, 0) is 32.4 Å². The zero-order valence-corrected chi connectivity index (χ0v) is 11.8. The molecule has 0 fully saturated rings. The maximum atomic E-state index is 11.5. The molecule has 0 aliphatic heterocycles. The van der Waals surface area contributed by atoms with Crippen molar-refractivity contribution < 1.29 is 9.59 Å². The summed E-state index contributed by atoms with van der Waals surface area (Å²) in [7, 11) is 0. The molecule has 19 heavy (non-hydrogen) atoms. The maximum absolute atomic E-state index is 11.5. The fraction of sp³-hybridized carbons (Fsp3) is 0.308. The number of nitrogen functional groups attached to an aromatic ring is 1. The Morgan fingerprint density at radius 1 is 1.53 bits per heavy atom. The lowest BCUT2D eigenvalue weighted by Gasteiger charge is -2.03. The van der Waals surface area contributed by atoms with Crippen LogP contribution in [0.15, 0.2) is 12.3 Å². The summed E-state index contributed by atoms with van der Waals surface area (Å²) < 4.78 is 1.84. The zero-order valence-electron chi connectivity index (χ0n) is 11.0. The molecule has 6 heteroatoms. The number of anilines is 1. The second kappa shape index (κ2) is 4.97. The van der Waals surface area contributed by atoms with Gasteiger partial charge in [0.25, 0.3) is 0 Å². The van der Waals surface area contributed by atoms with Crippen molar-refractivity contribution in [3.05, 3.63) is 23.4 Å². The van der Waals surface area contributed by atoms with Crippen molar-refractivity contribution in [2.24, 2.45) is 0 Å². The summed E-state index contributed by atoms with van der Waals surface area (Å²) in [6.45, 7) is 5.86. The number of hydrogen-bond acceptors (Lipinski definition) is 5. The number of carbonyl (C=O) groups is 2. The Kier molecular flexibility index (Phi) is 3.53. The molecule has 0 aromatic carbocycles. The molecule has 0 aliphatic carbocycles. The lowest BCUT2D eigenvalue weighted by Crippen LogP contribution is -2.03. The number of aldehydes is 1. The molecule has 0 saturated heterocycles. The van der Waals surface area contributed by atoms with Gasteiger partial charge in [0.05, 0.1) is 15.4 Å². The van der Waals surface area contributed by atoms with Crippen LogP contribution in [0.25, 0.3) is 10.6 Å². The number of nitrogens with two attached hydrogens (primary N) is 1. The molecule has 0 atom stereocenters. The summed E-state index contributed by atoms with van der Waals surface area (Å²) in [4.78, 5) is 23.0. The molecule has 0 amide bonds. The lowest BCUT2D eigenvalue weighted by molar-refractivity contribution is -0.104. The van der Waals surface area contributed by atoms with E-state index in [9.17, 15) is 9.59 Å². The molecule has 5 nitrogen and oxygen atoms in total. The van der Waals surface area contributed by atoms with Crippen LogP contribution in [0, 0.1) is 6.92 Å².